The molecule has 0 aliphatic heterocycles. The number of rotatable bonds is 4. The van der Waals surface area contributed by atoms with Crippen LogP contribution >= 0.6 is 11.6 Å². The lowest BCUT2D eigenvalue weighted by Crippen LogP contribution is -2.11. The molecule has 0 aliphatic rings. The first-order valence-corrected chi connectivity index (χ1v) is 6.18. The summed E-state index contributed by atoms with van der Waals surface area (Å²) in [5.41, 5.74) is 8.28. The number of hydrogen-bond acceptors (Lipinski definition) is 3. The fourth-order valence-corrected chi connectivity index (χ4v) is 2.04. The Labute approximate surface area is 116 Å². The van der Waals surface area contributed by atoms with Gasteiger partial charge in [-0.1, -0.05) is 11.6 Å². The molecule has 0 saturated carbocycles. The summed E-state index contributed by atoms with van der Waals surface area (Å²) in [5, 5.41) is 8.14. The van der Waals surface area contributed by atoms with Gasteiger partial charge in [0.25, 0.3) is 0 Å². The van der Waals surface area contributed by atoms with Gasteiger partial charge in [-0.3, -0.25) is 9.48 Å². The van der Waals surface area contributed by atoms with Crippen LogP contribution in [0, 0.1) is 6.92 Å². The molecule has 0 fully saturated rings. The van der Waals surface area contributed by atoms with E-state index < -0.39 is 5.91 Å². The van der Waals surface area contributed by atoms with Gasteiger partial charge < -0.3 is 11.1 Å². The lowest BCUT2D eigenvalue weighted by molar-refractivity contribution is 0.100. The second-order valence-electron chi connectivity index (χ2n) is 4.26. The number of benzene rings is 1. The van der Waals surface area contributed by atoms with Gasteiger partial charge in [-0.2, -0.15) is 5.10 Å². The summed E-state index contributed by atoms with van der Waals surface area (Å²) in [4.78, 5) is 11.0. The molecule has 0 aliphatic carbocycles. The first-order valence-electron chi connectivity index (χ1n) is 5.80. The van der Waals surface area contributed by atoms with Crippen molar-refractivity contribution in [1.82, 2.24) is 9.78 Å². The molecule has 3 N–H and O–H groups in total. The van der Waals surface area contributed by atoms with E-state index in [0.29, 0.717) is 17.1 Å². The summed E-state index contributed by atoms with van der Waals surface area (Å²) in [6.45, 7) is 2.43. The summed E-state index contributed by atoms with van der Waals surface area (Å²) in [6, 6.07) is 6.97. The third kappa shape index (κ3) is 2.88. The van der Waals surface area contributed by atoms with Gasteiger partial charge in [0.2, 0.25) is 5.91 Å². The van der Waals surface area contributed by atoms with Gasteiger partial charge in [0.05, 0.1) is 23.0 Å². The minimum Gasteiger partial charge on any atom is -0.379 e. The van der Waals surface area contributed by atoms with E-state index in [0.717, 1.165) is 17.1 Å². The summed E-state index contributed by atoms with van der Waals surface area (Å²) >= 11 is 6.16. The number of hydrogen-bond donors (Lipinski definition) is 2. The Morgan fingerprint density at radius 1 is 1.42 bits per heavy atom. The average molecular weight is 279 g/mol. The Balaban J connectivity index is 2.08. The van der Waals surface area contributed by atoms with Gasteiger partial charge >= 0.3 is 0 Å². The molecular weight excluding hydrogens is 264 g/mol. The predicted molar refractivity (Wildman–Crippen MR) is 75.2 cm³/mol. The minimum absolute atomic E-state index is 0.433. The lowest BCUT2D eigenvalue weighted by atomic mass is 10.2. The van der Waals surface area contributed by atoms with E-state index >= 15 is 0 Å². The summed E-state index contributed by atoms with van der Waals surface area (Å²) in [7, 11) is 1.85. The van der Waals surface area contributed by atoms with Crippen LogP contribution in [0.25, 0.3) is 0 Å². The third-order valence-corrected chi connectivity index (χ3v) is 3.38. The molecule has 1 heterocycles. The van der Waals surface area contributed by atoms with Crippen molar-refractivity contribution in [2.24, 2.45) is 12.8 Å². The maximum absolute atomic E-state index is 11.0. The summed E-state index contributed by atoms with van der Waals surface area (Å²) in [6.07, 6.45) is 0. The summed E-state index contributed by atoms with van der Waals surface area (Å²) < 4.78 is 1.75. The molecular formula is C13H15ClN4O. The van der Waals surface area contributed by atoms with E-state index in [9.17, 15) is 4.79 Å². The lowest BCUT2D eigenvalue weighted by Gasteiger charge is -2.07. The van der Waals surface area contributed by atoms with E-state index in [4.69, 9.17) is 17.3 Å². The molecule has 5 nitrogen and oxygen atoms in total. The SMILES string of the molecule is Cc1nn(C)c(CNc2ccc(C(N)=O)cc2)c1Cl. The number of amides is 1. The van der Waals surface area contributed by atoms with Crippen molar-refractivity contribution in [3.63, 3.8) is 0 Å². The highest BCUT2D eigenvalue weighted by molar-refractivity contribution is 6.31. The van der Waals surface area contributed by atoms with Crippen LogP contribution in [-0.4, -0.2) is 15.7 Å². The van der Waals surface area contributed by atoms with Crippen molar-refractivity contribution in [2.45, 2.75) is 13.5 Å². The fraction of sp³-hybridized carbons (Fsp3) is 0.231. The van der Waals surface area contributed by atoms with Gasteiger partial charge in [0.15, 0.2) is 0 Å². The maximum Gasteiger partial charge on any atom is 0.248 e. The fourth-order valence-electron chi connectivity index (χ4n) is 1.81. The molecule has 2 aromatic rings. The van der Waals surface area contributed by atoms with Crippen LogP contribution in [0.5, 0.6) is 0 Å². The second kappa shape index (κ2) is 5.32. The van der Waals surface area contributed by atoms with E-state index in [2.05, 4.69) is 10.4 Å². The Kier molecular flexibility index (Phi) is 3.76. The number of primary amides is 1. The zero-order valence-electron chi connectivity index (χ0n) is 10.8. The van der Waals surface area contributed by atoms with Crippen LogP contribution < -0.4 is 11.1 Å². The van der Waals surface area contributed by atoms with Gasteiger partial charge in [0.1, 0.15) is 0 Å². The smallest absolute Gasteiger partial charge is 0.248 e. The van der Waals surface area contributed by atoms with Gasteiger partial charge in [-0.05, 0) is 31.2 Å². The normalized spacial score (nSPS) is 10.5. The van der Waals surface area contributed by atoms with Crippen molar-refractivity contribution in [1.29, 1.82) is 0 Å². The van der Waals surface area contributed by atoms with Crippen LogP contribution in [0.15, 0.2) is 24.3 Å². The van der Waals surface area contributed by atoms with Gasteiger partial charge in [0, 0.05) is 18.3 Å². The molecule has 0 spiro atoms. The molecule has 100 valence electrons. The molecule has 0 unspecified atom stereocenters. The average Bonchev–Trinajstić information content (AvgIpc) is 2.62. The first kappa shape index (κ1) is 13.4. The van der Waals surface area contributed by atoms with E-state index in [-0.39, 0.29) is 0 Å². The van der Waals surface area contributed by atoms with E-state index in [1.165, 1.54) is 0 Å². The zero-order chi connectivity index (χ0) is 14.0. The molecule has 1 aromatic heterocycles. The highest BCUT2D eigenvalue weighted by atomic mass is 35.5. The van der Waals surface area contributed by atoms with Gasteiger partial charge in [-0.15, -0.1) is 0 Å². The third-order valence-electron chi connectivity index (χ3n) is 2.89. The van der Waals surface area contributed by atoms with Crippen molar-refractivity contribution in [2.75, 3.05) is 5.32 Å². The molecule has 2 rings (SSSR count). The van der Waals surface area contributed by atoms with Crippen LogP contribution in [0.2, 0.25) is 5.02 Å². The molecule has 6 heteroatoms. The van der Waals surface area contributed by atoms with E-state index in [1.54, 1.807) is 28.9 Å². The largest absolute Gasteiger partial charge is 0.379 e. The number of carbonyl (C=O) groups is 1. The summed E-state index contributed by atoms with van der Waals surface area (Å²) in [5.74, 6) is -0.433. The van der Waals surface area contributed by atoms with Crippen LogP contribution in [0.3, 0.4) is 0 Å². The highest BCUT2D eigenvalue weighted by Crippen LogP contribution is 2.20. The topological polar surface area (TPSA) is 72.9 Å². The van der Waals surface area contributed by atoms with Crippen LogP contribution in [0.1, 0.15) is 21.7 Å². The number of carbonyl (C=O) groups excluding carboxylic acids is 1. The number of halogens is 1. The molecule has 0 atom stereocenters. The number of aromatic nitrogens is 2. The van der Waals surface area contributed by atoms with Crippen molar-refractivity contribution in [3.8, 4) is 0 Å². The van der Waals surface area contributed by atoms with Crippen molar-refractivity contribution >= 4 is 23.2 Å². The highest BCUT2D eigenvalue weighted by Gasteiger charge is 2.10. The van der Waals surface area contributed by atoms with Gasteiger partial charge in [-0.25, -0.2) is 0 Å². The molecule has 19 heavy (non-hydrogen) atoms. The predicted octanol–water partition coefficient (Wildman–Crippen LogP) is 2.09. The Hall–Kier alpha value is -2.01. The zero-order valence-corrected chi connectivity index (χ0v) is 11.5. The monoisotopic (exact) mass is 278 g/mol. The molecule has 0 bridgehead atoms. The number of nitrogens with two attached hydrogens (primary N) is 1. The molecule has 1 aromatic carbocycles. The standard InChI is InChI=1S/C13H15ClN4O/c1-8-12(14)11(18(2)17-8)7-16-10-5-3-9(4-6-10)13(15)19/h3-6,16H,7H2,1-2H3,(H2,15,19). The van der Waals surface area contributed by atoms with Crippen molar-refractivity contribution < 1.29 is 4.79 Å². The quantitative estimate of drug-likeness (QED) is 0.899. The van der Waals surface area contributed by atoms with Crippen molar-refractivity contribution in [3.05, 3.63) is 46.2 Å². The number of aryl methyl sites for hydroxylation is 2. The second-order valence-corrected chi connectivity index (χ2v) is 4.64. The number of nitrogens with zero attached hydrogens (tertiary/aromatic N) is 2. The van der Waals surface area contributed by atoms with Crippen LogP contribution in [-0.2, 0) is 13.6 Å². The van der Waals surface area contributed by atoms with Crippen LogP contribution in [0.4, 0.5) is 5.69 Å². The molecule has 1 amide bonds. The Morgan fingerprint density at radius 2 is 2.05 bits per heavy atom. The Morgan fingerprint density at radius 3 is 2.53 bits per heavy atom. The molecule has 0 radical (unpaired) electrons. The molecule has 0 saturated heterocycles. The van der Waals surface area contributed by atoms with E-state index in [1.807, 2.05) is 14.0 Å². The number of nitrogens with one attached hydrogen (secondary N) is 1. The number of anilines is 1. The Bertz CT molecular complexity index is 604. The first-order chi connectivity index (χ1) is 8.99. The maximum atomic E-state index is 11.0. The minimum atomic E-state index is -0.433.